The molecule has 0 amide bonds. The first-order valence-electron chi connectivity index (χ1n) is 8.61. The van der Waals surface area contributed by atoms with Crippen LogP contribution >= 0.6 is 11.6 Å². The summed E-state index contributed by atoms with van der Waals surface area (Å²) in [4.78, 5) is 4.58. The lowest BCUT2D eigenvalue weighted by Gasteiger charge is -2.09. The van der Waals surface area contributed by atoms with Gasteiger partial charge in [-0.15, -0.1) is 0 Å². The standard InChI is InChI=1S/C23H22ClNO/c1-16-7-9-19(10-8-16)15-26-23-12-11-20(13-21(23)24)14-25-22-6-4-5-17(2)18(22)3/h4-14H,15H2,1-3H3. The fourth-order valence-corrected chi connectivity index (χ4v) is 2.82. The van der Waals surface area contributed by atoms with Crippen LogP contribution in [0.5, 0.6) is 5.75 Å². The van der Waals surface area contributed by atoms with Gasteiger partial charge in [0.2, 0.25) is 0 Å². The van der Waals surface area contributed by atoms with Gasteiger partial charge in [0.05, 0.1) is 10.7 Å². The van der Waals surface area contributed by atoms with E-state index in [0.717, 1.165) is 16.8 Å². The molecule has 3 aromatic rings. The quantitative estimate of drug-likeness (QED) is 0.468. The molecule has 3 rings (SSSR count). The maximum absolute atomic E-state index is 6.37. The number of halogens is 1. The van der Waals surface area contributed by atoms with Gasteiger partial charge in [-0.2, -0.15) is 0 Å². The molecule has 0 saturated heterocycles. The Kier molecular flexibility index (Phi) is 5.75. The molecular weight excluding hydrogens is 342 g/mol. The van der Waals surface area contributed by atoms with E-state index in [4.69, 9.17) is 16.3 Å². The summed E-state index contributed by atoms with van der Waals surface area (Å²) in [6, 6.07) is 20.1. The molecule has 0 aliphatic carbocycles. The van der Waals surface area contributed by atoms with Crippen LogP contribution in [0.25, 0.3) is 0 Å². The molecule has 0 bridgehead atoms. The zero-order valence-electron chi connectivity index (χ0n) is 15.3. The molecule has 3 heteroatoms. The summed E-state index contributed by atoms with van der Waals surface area (Å²) in [7, 11) is 0. The van der Waals surface area contributed by atoms with Crippen LogP contribution in [0.4, 0.5) is 5.69 Å². The Morgan fingerprint density at radius 3 is 2.46 bits per heavy atom. The second-order valence-electron chi connectivity index (χ2n) is 6.44. The Balaban J connectivity index is 1.70. The molecule has 26 heavy (non-hydrogen) atoms. The normalized spacial score (nSPS) is 11.1. The molecule has 0 aliphatic heterocycles. The molecule has 0 aromatic heterocycles. The molecule has 0 N–H and O–H groups in total. The Labute approximate surface area is 160 Å². The molecule has 0 spiro atoms. The van der Waals surface area contributed by atoms with Crippen molar-refractivity contribution in [3.63, 3.8) is 0 Å². The minimum absolute atomic E-state index is 0.496. The highest BCUT2D eigenvalue weighted by Gasteiger charge is 2.04. The summed E-state index contributed by atoms with van der Waals surface area (Å²) >= 11 is 6.37. The summed E-state index contributed by atoms with van der Waals surface area (Å²) in [6.07, 6.45) is 1.83. The van der Waals surface area contributed by atoms with Crippen LogP contribution in [0.2, 0.25) is 5.02 Å². The van der Waals surface area contributed by atoms with Crippen molar-refractivity contribution >= 4 is 23.5 Å². The average molecular weight is 364 g/mol. The number of aryl methyl sites for hydroxylation is 2. The van der Waals surface area contributed by atoms with E-state index < -0.39 is 0 Å². The topological polar surface area (TPSA) is 21.6 Å². The molecule has 0 heterocycles. The fourth-order valence-electron chi connectivity index (χ4n) is 2.58. The molecule has 3 aromatic carbocycles. The number of ether oxygens (including phenoxy) is 1. The van der Waals surface area contributed by atoms with Gasteiger partial charge in [0.15, 0.2) is 0 Å². The van der Waals surface area contributed by atoms with Crippen LogP contribution in [0.15, 0.2) is 65.7 Å². The van der Waals surface area contributed by atoms with E-state index >= 15 is 0 Å². The third kappa shape index (κ3) is 4.53. The highest BCUT2D eigenvalue weighted by Crippen LogP contribution is 2.27. The van der Waals surface area contributed by atoms with Crippen molar-refractivity contribution in [3.05, 3.63) is 93.5 Å². The van der Waals surface area contributed by atoms with Crippen LogP contribution in [0, 0.1) is 20.8 Å². The van der Waals surface area contributed by atoms with Gasteiger partial charge >= 0.3 is 0 Å². The monoisotopic (exact) mass is 363 g/mol. The van der Waals surface area contributed by atoms with Gasteiger partial charge in [-0.25, -0.2) is 0 Å². The van der Waals surface area contributed by atoms with E-state index in [0.29, 0.717) is 17.4 Å². The van der Waals surface area contributed by atoms with Crippen molar-refractivity contribution < 1.29 is 4.74 Å². The summed E-state index contributed by atoms with van der Waals surface area (Å²) in [5.41, 5.74) is 6.69. The van der Waals surface area contributed by atoms with Crippen molar-refractivity contribution in [1.82, 2.24) is 0 Å². The Morgan fingerprint density at radius 1 is 0.962 bits per heavy atom. The molecule has 0 fully saturated rings. The first-order valence-corrected chi connectivity index (χ1v) is 8.99. The predicted molar refractivity (Wildman–Crippen MR) is 110 cm³/mol. The zero-order chi connectivity index (χ0) is 18.5. The van der Waals surface area contributed by atoms with Gasteiger partial charge in [-0.1, -0.05) is 53.6 Å². The Bertz CT molecular complexity index is 929. The first-order chi connectivity index (χ1) is 12.5. The highest BCUT2D eigenvalue weighted by atomic mass is 35.5. The number of nitrogens with zero attached hydrogens (tertiary/aromatic N) is 1. The summed E-state index contributed by atoms with van der Waals surface area (Å²) in [5.74, 6) is 0.677. The molecule has 0 unspecified atom stereocenters. The second-order valence-corrected chi connectivity index (χ2v) is 6.85. The summed E-state index contributed by atoms with van der Waals surface area (Å²) < 4.78 is 5.84. The number of aliphatic imine (C=N–C) groups is 1. The lowest BCUT2D eigenvalue weighted by molar-refractivity contribution is 0.306. The SMILES string of the molecule is Cc1ccc(COc2ccc(C=Nc3cccc(C)c3C)cc2Cl)cc1. The van der Waals surface area contributed by atoms with Gasteiger partial charge < -0.3 is 4.74 Å². The van der Waals surface area contributed by atoms with E-state index in [9.17, 15) is 0 Å². The summed E-state index contributed by atoms with van der Waals surface area (Å²) in [6.45, 7) is 6.73. The molecule has 0 saturated carbocycles. The summed E-state index contributed by atoms with van der Waals surface area (Å²) in [5, 5.41) is 0.585. The van der Waals surface area contributed by atoms with Crippen LogP contribution in [0.3, 0.4) is 0 Å². The third-order valence-electron chi connectivity index (χ3n) is 4.40. The molecule has 0 atom stereocenters. The van der Waals surface area contributed by atoms with E-state index in [1.807, 2.05) is 36.5 Å². The fraction of sp³-hybridized carbons (Fsp3) is 0.174. The smallest absolute Gasteiger partial charge is 0.138 e. The van der Waals surface area contributed by atoms with E-state index in [-0.39, 0.29) is 0 Å². The average Bonchev–Trinajstić information content (AvgIpc) is 2.63. The maximum Gasteiger partial charge on any atom is 0.138 e. The number of benzene rings is 3. The van der Waals surface area contributed by atoms with Crippen molar-refractivity contribution in [2.24, 2.45) is 4.99 Å². The number of hydrogen-bond acceptors (Lipinski definition) is 2. The predicted octanol–water partition coefficient (Wildman–Crippen LogP) is 6.59. The van der Waals surface area contributed by atoms with Gasteiger partial charge in [0, 0.05) is 6.21 Å². The van der Waals surface area contributed by atoms with Crippen molar-refractivity contribution in [3.8, 4) is 5.75 Å². The van der Waals surface area contributed by atoms with E-state index in [1.165, 1.54) is 16.7 Å². The van der Waals surface area contributed by atoms with Gasteiger partial charge in [-0.05, 0) is 67.3 Å². The molecule has 132 valence electrons. The van der Waals surface area contributed by atoms with Gasteiger partial charge in [0.25, 0.3) is 0 Å². The molecule has 2 nitrogen and oxygen atoms in total. The Morgan fingerprint density at radius 2 is 1.73 bits per heavy atom. The number of hydrogen-bond donors (Lipinski definition) is 0. The molecular formula is C23H22ClNO. The maximum atomic E-state index is 6.37. The van der Waals surface area contributed by atoms with Crippen LogP contribution in [-0.2, 0) is 6.61 Å². The lowest BCUT2D eigenvalue weighted by atomic mass is 10.1. The molecule has 0 radical (unpaired) electrons. The first kappa shape index (κ1) is 18.2. The largest absolute Gasteiger partial charge is 0.487 e. The van der Waals surface area contributed by atoms with Crippen molar-refractivity contribution in [2.45, 2.75) is 27.4 Å². The van der Waals surface area contributed by atoms with Crippen molar-refractivity contribution in [2.75, 3.05) is 0 Å². The minimum Gasteiger partial charge on any atom is -0.487 e. The molecule has 0 aliphatic rings. The van der Waals surface area contributed by atoms with Gasteiger partial charge in [-0.3, -0.25) is 4.99 Å². The van der Waals surface area contributed by atoms with Crippen LogP contribution in [0.1, 0.15) is 27.8 Å². The van der Waals surface area contributed by atoms with E-state index in [2.05, 4.69) is 56.1 Å². The highest BCUT2D eigenvalue weighted by molar-refractivity contribution is 6.32. The Hall–Kier alpha value is -2.58. The number of rotatable bonds is 5. The minimum atomic E-state index is 0.496. The van der Waals surface area contributed by atoms with Gasteiger partial charge in [0.1, 0.15) is 12.4 Å². The zero-order valence-corrected chi connectivity index (χ0v) is 16.0. The third-order valence-corrected chi connectivity index (χ3v) is 4.69. The van der Waals surface area contributed by atoms with E-state index in [1.54, 1.807) is 0 Å². The van der Waals surface area contributed by atoms with Crippen LogP contribution < -0.4 is 4.74 Å². The van der Waals surface area contributed by atoms with Crippen molar-refractivity contribution in [1.29, 1.82) is 0 Å². The second kappa shape index (κ2) is 8.20. The lowest BCUT2D eigenvalue weighted by Crippen LogP contribution is -1.96. The van der Waals surface area contributed by atoms with Crippen LogP contribution in [-0.4, -0.2) is 6.21 Å².